The molecule has 1 unspecified atom stereocenters. The van der Waals surface area contributed by atoms with Gasteiger partial charge in [-0.2, -0.15) is 0 Å². The lowest BCUT2D eigenvalue weighted by Gasteiger charge is -2.12. The molecule has 0 aliphatic rings. The van der Waals surface area contributed by atoms with Crippen LogP contribution in [-0.2, 0) is 4.79 Å². The van der Waals surface area contributed by atoms with E-state index in [2.05, 4.69) is 10.6 Å². The summed E-state index contributed by atoms with van der Waals surface area (Å²) in [5.74, 6) is -0.276. The summed E-state index contributed by atoms with van der Waals surface area (Å²) in [5, 5.41) is 6.60. The molecule has 1 atom stereocenters. The second-order valence-corrected chi connectivity index (χ2v) is 6.40. The van der Waals surface area contributed by atoms with Crippen molar-refractivity contribution in [2.24, 2.45) is 0 Å². The van der Waals surface area contributed by atoms with Crippen LogP contribution in [0.2, 0.25) is 0 Å². The summed E-state index contributed by atoms with van der Waals surface area (Å²) in [6.07, 6.45) is 0. The van der Waals surface area contributed by atoms with Gasteiger partial charge in [-0.15, -0.1) is 23.1 Å². The highest BCUT2D eigenvalue weighted by Crippen LogP contribution is 2.27. The highest BCUT2D eigenvalue weighted by atomic mass is 32.2. The Balaban J connectivity index is 2.39. The number of thiophene rings is 1. The lowest BCUT2D eigenvalue weighted by Crippen LogP contribution is -2.45. The van der Waals surface area contributed by atoms with E-state index in [-0.39, 0.29) is 17.2 Å². The third-order valence-electron chi connectivity index (χ3n) is 1.81. The van der Waals surface area contributed by atoms with E-state index in [1.54, 1.807) is 18.3 Å². The van der Waals surface area contributed by atoms with Crippen molar-refractivity contribution in [2.75, 3.05) is 0 Å². The first-order chi connectivity index (χ1) is 7.99. The Bertz CT molecular complexity index is 377. The summed E-state index contributed by atoms with van der Waals surface area (Å²) < 4.78 is 1.07. The van der Waals surface area contributed by atoms with Crippen LogP contribution in [0.25, 0.3) is 0 Å². The van der Waals surface area contributed by atoms with Gasteiger partial charge in [0.25, 0.3) is 0 Å². The Kier molecular flexibility index (Phi) is 5.50. The monoisotopic (exact) mass is 272 g/mol. The number of hydrogen-bond donors (Lipinski definition) is 2. The van der Waals surface area contributed by atoms with E-state index in [0.717, 1.165) is 4.21 Å². The van der Waals surface area contributed by atoms with Crippen molar-refractivity contribution in [1.29, 1.82) is 0 Å². The second-order valence-electron chi connectivity index (χ2n) is 3.81. The van der Waals surface area contributed by atoms with Crippen molar-refractivity contribution in [2.45, 2.75) is 36.3 Å². The van der Waals surface area contributed by atoms with Crippen molar-refractivity contribution >= 4 is 35.0 Å². The molecule has 0 bridgehead atoms. The van der Waals surface area contributed by atoms with Gasteiger partial charge < -0.3 is 5.32 Å². The molecule has 0 radical (unpaired) electrons. The van der Waals surface area contributed by atoms with Crippen LogP contribution >= 0.6 is 23.1 Å². The first kappa shape index (κ1) is 14.1. The van der Waals surface area contributed by atoms with E-state index >= 15 is 0 Å². The standard InChI is InChI=1S/C11H16N2O2S2/c1-7(2)12-11(15)13-10(14)8(3)17-9-5-4-6-16-9/h4-8H,1-3H3,(H2,12,13,14,15). The van der Waals surface area contributed by atoms with Crippen LogP contribution in [0.5, 0.6) is 0 Å². The fraction of sp³-hybridized carbons (Fsp3) is 0.455. The molecule has 1 aromatic rings. The second kappa shape index (κ2) is 6.66. The van der Waals surface area contributed by atoms with Gasteiger partial charge in [0.15, 0.2) is 0 Å². The van der Waals surface area contributed by atoms with Crippen molar-refractivity contribution in [1.82, 2.24) is 10.6 Å². The molecule has 0 fully saturated rings. The van der Waals surface area contributed by atoms with Gasteiger partial charge in [0, 0.05) is 6.04 Å². The zero-order valence-electron chi connectivity index (χ0n) is 10.0. The number of thioether (sulfide) groups is 1. The van der Waals surface area contributed by atoms with E-state index in [1.807, 2.05) is 31.4 Å². The summed E-state index contributed by atoms with van der Waals surface area (Å²) in [6.45, 7) is 5.46. The topological polar surface area (TPSA) is 58.2 Å². The molecule has 17 heavy (non-hydrogen) atoms. The molecule has 1 rings (SSSR count). The minimum absolute atomic E-state index is 0.0167. The third kappa shape index (κ3) is 5.23. The van der Waals surface area contributed by atoms with E-state index in [0.29, 0.717) is 0 Å². The van der Waals surface area contributed by atoms with Gasteiger partial charge in [-0.05, 0) is 32.2 Å². The Morgan fingerprint density at radius 2 is 2.06 bits per heavy atom. The molecule has 0 spiro atoms. The van der Waals surface area contributed by atoms with Crippen molar-refractivity contribution in [3.05, 3.63) is 17.5 Å². The molecule has 94 valence electrons. The van der Waals surface area contributed by atoms with Gasteiger partial charge in [0.1, 0.15) is 0 Å². The average molecular weight is 272 g/mol. The molecule has 1 aromatic heterocycles. The number of urea groups is 1. The highest BCUT2D eigenvalue weighted by Gasteiger charge is 2.17. The van der Waals surface area contributed by atoms with Crippen LogP contribution in [-0.4, -0.2) is 23.2 Å². The van der Waals surface area contributed by atoms with Crippen molar-refractivity contribution in [3.63, 3.8) is 0 Å². The molecule has 0 saturated heterocycles. The molecule has 0 saturated carbocycles. The van der Waals surface area contributed by atoms with Crippen LogP contribution < -0.4 is 10.6 Å². The first-order valence-corrected chi connectivity index (χ1v) is 7.06. The number of nitrogens with one attached hydrogen (secondary N) is 2. The summed E-state index contributed by atoms with van der Waals surface area (Å²) in [4.78, 5) is 23.0. The molecule has 6 heteroatoms. The van der Waals surface area contributed by atoms with Crippen LogP contribution in [0.15, 0.2) is 21.7 Å². The van der Waals surface area contributed by atoms with E-state index in [9.17, 15) is 9.59 Å². The lowest BCUT2D eigenvalue weighted by molar-refractivity contribution is -0.119. The number of carbonyl (C=O) groups excluding carboxylic acids is 2. The molecule has 0 aromatic carbocycles. The normalized spacial score (nSPS) is 12.2. The fourth-order valence-electron chi connectivity index (χ4n) is 1.07. The number of imide groups is 1. The molecule has 2 N–H and O–H groups in total. The van der Waals surface area contributed by atoms with Gasteiger partial charge in [-0.3, -0.25) is 10.1 Å². The summed E-state index contributed by atoms with van der Waals surface area (Å²) >= 11 is 3.03. The SMILES string of the molecule is CC(C)NC(=O)NC(=O)C(C)Sc1cccs1. The van der Waals surface area contributed by atoms with Crippen LogP contribution in [0, 0.1) is 0 Å². The quantitative estimate of drug-likeness (QED) is 0.828. The number of rotatable bonds is 4. The minimum Gasteiger partial charge on any atom is -0.336 e. The first-order valence-electron chi connectivity index (χ1n) is 5.30. The lowest BCUT2D eigenvalue weighted by atomic mass is 10.4. The van der Waals surface area contributed by atoms with Gasteiger partial charge in [-0.1, -0.05) is 6.07 Å². The zero-order valence-corrected chi connectivity index (χ0v) is 11.7. The van der Waals surface area contributed by atoms with Gasteiger partial charge >= 0.3 is 6.03 Å². The van der Waals surface area contributed by atoms with Crippen LogP contribution in [0.1, 0.15) is 20.8 Å². The van der Waals surface area contributed by atoms with Crippen molar-refractivity contribution < 1.29 is 9.59 Å². The van der Waals surface area contributed by atoms with Crippen LogP contribution in [0.3, 0.4) is 0 Å². The maximum atomic E-state index is 11.7. The van der Waals surface area contributed by atoms with Gasteiger partial charge in [0.05, 0.1) is 9.46 Å². The predicted molar refractivity (Wildman–Crippen MR) is 71.4 cm³/mol. The minimum atomic E-state index is -0.441. The molecule has 1 heterocycles. The predicted octanol–water partition coefficient (Wildman–Crippen LogP) is 2.46. The van der Waals surface area contributed by atoms with Gasteiger partial charge in [0.2, 0.25) is 5.91 Å². The summed E-state index contributed by atoms with van der Waals surface area (Å²) in [6, 6.07) is 3.46. The Morgan fingerprint density at radius 1 is 1.35 bits per heavy atom. The molecule has 4 nitrogen and oxygen atoms in total. The highest BCUT2D eigenvalue weighted by molar-refractivity contribution is 8.02. The Labute approximate surface area is 109 Å². The molecule has 3 amide bonds. The molecular formula is C11H16N2O2S2. The van der Waals surface area contributed by atoms with Gasteiger partial charge in [-0.25, -0.2) is 4.79 Å². The maximum Gasteiger partial charge on any atom is 0.321 e. The molecule has 0 aliphatic heterocycles. The fourth-order valence-corrected chi connectivity index (χ4v) is 3.01. The summed E-state index contributed by atoms with van der Waals surface area (Å²) in [7, 11) is 0. The van der Waals surface area contributed by atoms with E-state index in [1.165, 1.54) is 11.8 Å². The largest absolute Gasteiger partial charge is 0.336 e. The Morgan fingerprint density at radius 3 is 2.59 bits per heavy atom. The number of carbonyl (C=O) groups is 2. The molecular weight excluding hydrogens is 256 g/mol. The smallest absolute Gasteiger partial charge is 0.321 e. The Hall–Kier alpha value is -1.01. The number of amides is 3. The van der Waals surface area contributed by atoms with E-state index < -0.39 is 6.03 Å². The number of hydrogen-bond acceptors (Lipinski definition) is 4. The van der Waals surface area contributed by atoms with E-state index in [4.69, 9.17) is 0 Å². The third-order valence-corrected chi connectivity index (χ3v) is 3.99. The average Bonchev–Trinajstić information content (AvgIpc) is 2.68. The zero-order chi connectivity index (χ0) is 12.8. The molecule has 0 aliphatic carbocycles. The maximum absolute atomic E-state index is 11.7. The van der Waals surface area contributed by atoms with Crippen LogP contribution in [0.4, 0.5) is 4.79 Å². The van der Waals surface area contributed by atoms with Crippen molar-refractivity contribution in [3.8, 4) is 0 Å². The summed E-state index contributed by atoms with van der Waals surface area (Å²) in [5.41, 5.74) is 0.